The van der Waals surface area contributed by atoms with Gasteiger partial charge < -0.3 is 20.1 Å². The lowest BCUT2D eigenvalue weighted by Crippen LogP contribution is -2.28. The molecule has 2 heterocycles. The van der Waals surface area contributed by atoms with E-state index in [4.69, 9.17) is 9.47 Å². The maximum atomic E-state index is 12.2. The molecule has 7 heteroatoms. The average Bonchev–Trinajstić information content (AvgIpc) is 3.15. The smallest absolute Gasteiger partial charge is 0.226 e. The second-order valence-electron chi connectivity index (χ2n) is 6.38. The molecule has 1 aliphatic heterocycles. The number of thiazole rings is 1. The maximum Gasteiger partial charge on any atom is 0.226 e. The number of methoxy groups -OCH3 is 2. The summed E-state index contributed by atoms with van der Waals surface area (Å²) in [6.07, 6.45) is 3.80. The highest BCUT2D eigenvalue weighted by molar-refractivity contribution is 7.14. The highest BCUT2D eigenvalue weighted by Gasteiger charge is 2.16. The molecule has 2 aromatic rings. The molecule has 3 rings (SSSR count). The number of nitrogens with zero attached hydrogens (tertiary/aromatic N) is 1. The number of hydrogen-bond donors (Lipinski definition) is 2. The van der Waals surface area contributed by atoms with E-state index < -0.39 is 0 Å². The number of carbonyl (C=O) groups is 1. The van der Waals surface area contributed by atoms with Crippen molar-refractivity contribution < 1.29 is 14.3 Å². The van der Waals surface area contributed by atoms with Crippen molar-refractivity contribution in [3.63, 3.8) is 0 Å². The quantitative estimate of drug-likeness (QED) is 0.774. The summed E-state index contributed by atoms with van der Waals surface area (Å²) in [5, 5.41) is 8.80. The van der Waals surface area contributed by atoms with Crippen molar-refractivity contribution in [2.45, 2.75) is 25.7 Å². The van der Waals surface area contributed by atoms with Gasteiger partial charge in [0.2, 0.25) is 5.91 Å². The fraction of sp³-hybridized carbons (Fsp3) is 0.474. The Hall–Kier alpha value is -2.12. The minimum atomic E-state index is 0.0297. The van der Waals surface area contributed by atoms with Crippen molar-refractivity contribution in [1.29, 1.82) is 0 Å². The number of aromatic nitrogens is 1. The van der Waals surface area contributed by atoms with E-state index in [9.17, 15) is 4.79 Å². The van der Waals surface area contributed by atoms with Crippen LogP contribution in [0.1, 0.15) is 25.7 Å². The summed E-state index contributed by atoms with van der Waals surface area (Å²) in [5.41, 5.74) is 1.61. The Morgan fingerprint density at radius 2 is 2.12 bits per heavy atom. The molecule has 0 saturated carbocycles. The first-order valence-electron chi connectivity index (χ1n) is 8.88. The van der Waals surface area contributed by atoms with Gasteiger partial charge in [0.05, 0.1) is 19.9 Å². The number of carbonyl (C=O) groups excluding carboxylic acids is 1. The van der Waals surface area contributed by atoms with Crippen LogP contribution < -0.4 is 20.1 Å². The molecule has 140 valence electrons. The molecule has 0 atom stereocenters. The lowest BCUT2D eigenvalue weighted by molar-refractivity contribution is -0.116. The van der Waals surface area contributed by atoms with Crippen LogP contribution in [0.15, 0.2) is 23.6 Å². The van der Waals surface area contributed by atoms with Gasteiger partial charge in [-0.3, -0.25) is 4.79 Å². The molecule has 1 saturated heterocycles. The van der Waals surface area contributed by atoms with E-state index in [1.54, 1.807) is 14.2 Å². The zero-order chi connectivity index (χ0) is 18.4. The van der Waals surface area contributed by atoms with Crippen LogP contribution in [0.25, 0.3) is 11.3 Å². The standard InChI is InChI=1S/C19H25N3O3S/c1-24-14-4-5-17(25-2)15(11-14)16-12-26-19(21-16)22-18(23)6-3-13-7-9-20-10-8-13/h4-5,11-13,20H,3,6-10H2,1-2H3,(H,21,22,23). The third-order valence-corrected chi connectivity index (χ3v) is 5.43. The van der Waals surface area contributed by atoms with Crippen LogP contribution in [0.5, 0.6) is 11.5 Å². The fourth-order valence-corrected chi connectivity index (χ4v) is 3.88. The van der Waals surface area contributed by atoms with Gasteiger partial charge in [0.1, 0.15) is 11.5 Å². The number of nitrogens with one attached hydrogen (secondary N) is 2. The number of amides is 1. The van der Waals surface area contributed by atoms with Crippen LogP contribution in [0.4, 0.5) is 5.13 Å². The molecule has 1 amide bonds. The first-order chi connectivity index (χ1) is 12.7. The van der Waals surface area contributed by atoms with E-state index in [0.717, 1.165) is 55.1 Å². The van der Waals surface area contributed by atoms with Crippen LogP contribution in [0.3, 0.4) is 0 Å². The maximum absolute atomic E-state index is 12.2. The summed E-state index contributed by atoms with van der Waals surface area (Å²) in [7, 11) is 3.25. The van der Waals surface area contributed by atoms with Crippen LogP contribution in [-0.2, 0) is 4.79 Å². The van der Waals surface area contributed by atoms with Gasteiger partial charge in [-0.15, -0.1) is 11.3 Å². The first-order valence-corrected chi connectivity index (χ1v) is 9.76. The highest BCUT2D eigenvalue weighted by Crippen LogP contribution is 2.35. The molecule has 0 unspecified atom stereocenters. The molecule has 2 N–H and O–H groups in total. The van der Waals surface area contributed by atoms with Gasteiger partial charge in [-0.1, -0.05) is 0 Å². The zero-order valence-electron chi connectivity index (χ0n) is 15.2. The summed E-state index contributed by atoms with van der Waals surface area (Å²) >= 11 is 1.42. The number of benzene rings is 1. The predicted molar refractivity (Wildman–Crippen MR) is 104 cm³/mol. The average molecular weight is 375 g/mol. The molecule has 26 heavy (non-hydrogen) atoms. The van der Waals surface area contributed by atoms with Crippen molar-refractivity contribution in [3.05, 3.63) is 23.6 Å². The van der Waals surface area contributed by atoms with Crippen molar-refractivity contribution >= 4 is 22.4 Å². The Labute approximate surface area is 157 Å². The van der Waals surface area contributed by atoms with Crippen molar-refractivity contribution in [2.24, 2.45) is 5.92 Å². The second-order valence-corrected chi connectivity index (χ2v) is 7.24. The molecular formula is C19H25N3O3S. The third kappa shape index (κ3) is 4.74. The zero-order valence-corrected chi connectivity index (χ0v) is 16.0. The summed E-state index contributed by atoms with van der Waals surface area (Å²) in [6.45, 7) is 2.12. The molecule has 1 aromatic carbocycles. The molecule has 1 aliphatic rings. The minimum Gasteiger partial charge on any atom is -0.497 e. The molecule has 0 aliphatic carbocycles. The second kappa shape index (κ2) is 9.00. The van der Waals surface area contributed by atoms with Gasteiger partial charge in [-0.2, -0.15) is 0 Å². The van der Waals surface area contributed by atoms with Crippen molar-refractivity contribution in [1.82, 2.24) is 10.3 Å². The Morgan fingerprint density at radius 3 is 2.85 bits per heavy atom. The molecule has 6 nitrogen and oxygen atoms in total. The SMILES string of the molecule is COc1ccc(OC)c(-c2csc(NC(=O)CCC3CCNCC3)n2)c1. The Kier molecular flexibility index (Phi) is 6.46. The number of hydrogen-bond acceptors (Lipinski definition) is 6. The Morgan fingerprint density at radius 1 is 1.31 bits per heavy atom. The van der Waals surface area contributed by atoms with Gasteiger partial charge in [0.25, 0.3) is 0 Å². The van der Waals surface area contributed by atoms with E-state index in [-0.39, 0.29) is 5.91 Å². The predicted octanol–water partition coefficient (Wildman–Crippen LogP) is 3.55. The molecule has 0 bridgehead atoms. The lowest BCUT2D eigenvalue weighted by Gasteiger charge is -2.21. The highest BCUT2D eigenvalue weighted by atomic mass is 32.1. The number of piperidine rings is 1. The number of ether oxygens (including phenoxy) is 2. The van der Waals surface area contributed by atoms with Crippen LogP contribution in [0.2, 0.25) is 0 Å². The summed E-state index contributed by atoms with van der Waals surface area (Å²) in [4.78, 5) is 16.8. The topological polar surface area (TPSA) is 72.5 Å². The molecule has 1 aromatic heterocycles. The number of rotatable bonds is 7. The van der Waals surface area contributed by atoms with Gasteiger partial charge >= 0.3 is 0 Å². The minimum absolute atomic E-state index is 0.0297. The van der Waals surface area contributed by atoms with Gasteiger partial charge in [-0.05, 0) is 56.5 Å². The first kappa shape index (κ1) is 18.7. The molecule has 1 fully saturated rings. The molecule has 0 radical (unpaired) electrons. The summed E-state index contributed by atoms with van der Waals surface area (Å²) in [6, 6.07) is 5.58. The van der Waals surface area contributed by atoms with Gasteiger partial charge in [0.15, 0.2) is 5.13 Å². The van der Waals surface area contributed by atoms with Crippen molar-refractivity contribution in [2.75, 3.05) is 32.6 Å². The Balaban J connectivity index is 1.61. The van der Waals surface area contributed by atoms with E-state index >= 15 is 0 Å². The van der Waals surface area contributed by atoms with Crippen molar-refractivity contribution in [3.8, 4) is 22.8 Å². The third-order valence-electron chi connectivity index (χ3n) is 4.67. The van der Waals surface area contributed by atoms with E-state index in [2.05, 4.69) is 15.6 Å². The van der Waals surface area contributed by atoms with Gasteiger partial charge in [-0.25, -0.2) is 4.98 Å². The summed E-state index contributed by atoms with van der Waals surface area (Å²) in [5.74, 6) is 2.14. The van der Waals surface area contributed by atoms with E-state index in [0.29, 0.717) is 17.5 Å². The largest absolute Gasteiger partial charge is 0.497 e. The van der Waals surface area contributed by atoms with E-state index in [1.807, 2.05) is 23.6 Å². The summed E-state index contributed by atoms with van der Waals surface area (Å²) < 4.78 is 10.7. The molecule has 0 spiro atoms. The monoisotopic (exact) mass is 375 g/mol. The van der Waals surface area contributed by atoms with Crippen LogP contribution in [0, 0.1) is 5.92 Å². The van der Waals surface area contributed by atoms with Gasteiger partial charge in [0, 0.05) is 17.4 Å². The Bertz CT molecular complexity index is 741. The van der Waals surface area contributed by atoms with E-state index in [1.165, 1.54) is 11.3 Å². The number of anilines is 1. The van der Waals surface area contributed by atoms with Crippen LogP contribution >= 0.6 is 11.3 Å². The van der Waals surface area contributed by atoms with Crippen LogP contribution in [-0.4, -0.2) is 38.2 Å². The lowest BCUT2D eigenvalue weighted by atomic mass is 9.93. The normalized spacial score (nSPS) is 14.8. The fourth-order valence-electron chi connectivity index (χ4n) is 3.16. The molecular weight excluding hydrogens is 350 g/mol.